The smallest absolute Gasteiger partial charge is 0.185 e. The van der Waals surface area contributed by atoms with E-state index in [0.717, 1.165) is 25.6 Å². The molecule has 0 amide bonds. The number of thiazole rings is 1. The van der Waals surface area contributed by atoms with Crippen LogP contribution >= 0.6 is 11.3 Å². The Labute approximate surface area is 115 Å². The summed E-state index contributed by atoms with van der Waals surface area (Å²) in [6.45, 7) is 8.76. The van der Waals surface area contributed by atoms with Gasteiger partial charge in [0.2, 0.25) is 0 Å². The highest BCUT2D eigenvalue weighted by atomic mass is 32.1. The molecule has 1 aliphatic rings. The van der Waals surface area contributed by atoms with Crippen LogP contribution in [0.15, 0.2) is 6.20 Å². The van der Waals surface area contributed by atoms with Gasteiger partial charge in [0.05, 0.1) is 0 Å². The van der Waals surface area contributed by atoms with E-state index < -0.39 is 0 Å². The Morgan fingerprint density at radius 2 is 2.28 bits per heavy atom. The maximum atomic E-state index is 4.58. The Kier molecular flexibility index (Phi) is 5.45. The molecule has 1 saturated carbocycles. The molecular formula is C14H25N3S. The topological polar surface area (TPSA) is 28.2 Å². The molecule has 0 radical (unpaired) electrons. The van der Waals surface area contributed by atoms with Gasteiger partial charge in [-0.25, -0.2) is 4.98 Å². The summed E-state index contributed by atoms with van der Waals surface area (Å²) in [5.41, 5.74) is 0. The molecule has 1 fully saturated rings. The first-order valence-corrected chi connectivity index (χ1v) is 8.05. The van der Waals surface area contributed by atoms with Gasteiger partial charge in [-0.05, 0) is 38.6 Å². The highest BCUT2D eigenvalue weighted by Gasteiger charge is 2.21. The lowest BCUT2D eigenvalue weighted by Crippen LogP contribution is -2.32. The fourth-order valence-electron chi connectivity index (χ4n) is 2.24. The molecule has 0 bridgehead atoms. The van der Waals surface area contributed by atoms with E-state index >= 15 is 0 Å². The zero-order valence-electron chi connectivity index (χ0n) is 11.6. The van der Waals surface area contributed by atoms with Crippen molar-refractivity contribution in [3.63, 3.8) is 0 Å². The average molecular weight is 267 g/mol. The first-order valence-electron chi connectivity index (χ1n) is 7.23. The van der Waals surface area contributed by atoms with Gasteiger partial charge >= 0.3 is 0 Å². The van der Waals surface area contributed by atoms with Crippen molar-refractivity contribution >= 4 is 16.5 Å². The van der Waals surface area contributed by atoms with Crippen molar-refractivity contribution in [3.05, 3.63) is 11.1 Å². The summed E-state index contributed by atoms with van der Waals surface area (Å²) in [6.07, 6.45) is 7.46. The Bertz CT molecular complexity index is 347. The highest BCUT2D eigenvalue weighted by molar-refractivity contribution is 7.15. The lowest BCUT2D eigenvalue weighted by atomic mass is 9.85. The number of hydrogen-bond acceptors (Lipinski definition) is 4. The summed E-state index contributed by atoms with van der Waals surface area (Å²) >= 11 is 1.84. The van der Waals surface area contributed by atoms with Gasteiger partial charge in [-0.2, -0.15) is 0 Å². The van der Waals surface area contributed by atoms with E-state index in [9.17, 15) is 0 Å². The number of rotatable bonds is 8. The first kappa shape index (κ1) is 13.8. The number of nitrogens with zero attached hydrogens (tertiary/aromatic N) is 2. The third-order valence-corrected chi connectivity index (χ3v) is 4.68. The van der Waals surface area contributed by atoms with Gasteiger partial charge in [0.15, 0.2) is 5.13 Å². The van der Waals surface area contributed by atoms with Crippen molar-refractivity contribution in [1.82, 2.24) is 10.3 Å². The van der Waals surface area contributed by atoms with Crippen molar-refractivity contribution < 1.29 is 0 Å². The summed E-state index contributed by atoms with van der Waals surface area (Å²) in [4.78, 5) is 8.38. The second-order valence-corrected chi connectivity index (χ2v) is 6.22. The van der Waals surface area contributed by atoms with Crippen molar-refractivity contribution in [3.8, 4) is 0 Å². The van der Waals surface area contributed by atoms with Gasteiger partial charge in [0, 0.05) is 30.7 Å². The fourth-order valence-corrected chi connectivity index (χ4v) is 3.20. The summed E-state index contributed by atoms with van der Waals surface area (Å²) in [5, 5.41) is 4.64. The minimum atomic E-state index is 0.913. The molecule has 18 heavy (non-hydrogen) atoms. The second kappa shape index (κ2) is 7.10. The first-order chi connectivity index (χ1) is 8.83. The van der Waals surface area contributed by atoms with Crippen LogP contribution in [-0.4, -0.2) is 24.6 Å². The molecule has 1 aromatic heterocycles. The van der Waals surface area contributed by atoms with Gasteiger partial charge in [-0.3, -0.25) is 0 Å². The molecular weight excluding hydrogens is 242 g/mol. The molecule has 2 rings (SSSR count). The van der Waals surface area contributed by atoms with Gasteiger partial charge in [-0.15, -0.1) is 11.3 Å². The minimum absolute atomic E-state index is 0.913. The second-order valence-electron chi connectivity index (χ2n) is 5.12. The fraction of sp³-hybridized carbons (Fsp3) is 0.786. The van der Waals surface area contributed by atoms with Gasteiger partial charge in [0.25, 0.3) is 0 Å². The third kappa shape index (κ3) is 3.69. The Hall–Kier alpha value is -0.610. The van der Waals surface area contributed by atoms with Gasteiger partial charge in [0.1, 0.15) is 0 Å². The van der Waals surface area contributed by atoms with Crippen LogP contribution in [-0.2, 0) is 6.54 Å². The Morgan fingerprint density at radius 3 is 2.89 bits per heavy atom. The third-order valence-electron chi connectivity index (χ3n) is 3.62. The van der Waals surface area contributed by atoms with Crippen LogP contribution in [0.4, 0.5) is 5.13 Å². The predicted molar refractivity (Wildman–Crippen MR) is 79.3 cm³/mol. The molecule has 1 heterocycles. The normalized spacial score (nSPS) is 15.7. The minimum Gasteiger partial charge on any atom is -0.348 e. The van der Waals surface area contributed by atoms with Crippen LogP contribution in [0, 0.1) is 5.92 Å². The van der Waals surface area contributed by atoms with E-state index in [1.165, 1.54) is 42.2 Å². The van der Waals surface area contributed by atoms with E-state index in [2.05, 4.69) is 29.0 Å². The molecule has 3 nitrogen and oxygen atoms in total. The summed E-state index contributed by atoms with van der Waals surface area (Å²) in [5.74, 6) is 0.913. The molecule has 0 unspecified atom stereocenters. The lowest BCUT2D eigenvalue weighted by molar-refractivity contribution is 0.318. The van der Waals surface area contributed by atoms with Gasteiger partial charge < -0.3 is 10.2 Å². The van der Waals surface area contributed by atoms with E-state index in [1.54, 1.807) is 0 Å². The quantitative estimate of drug-likeness (QED) is 0.733. The van der Waals surface area contributed by atoms with E-state index in [4.69, 9.17) is 0 Å². The van der Waals surface area contributed by atoms with E-state index in [0.29, 0.717) is 0 Å². The number of nitrogens with one attached hydrogen (secondary N) is 1. The maximum absolute atomic E-state index is 4.58. The zero-order valence-corrected chi connectivity index (χ0v) is 12.4. The van der Waals surface area contributed by atoms with Crippen LogP contribution in [0.5, 0.6) is 0 Å². The maximum Gasteiger partial charge on any atom is 0.185 e. The lowest BCUT2D eigenvalue weighted by Gasteiger charge is -2.31. The number of aromatic nitrogens is 1. The van der Waals surface area contributed by atoms with Crippen molar-refractivity contribution in [1.29, 1.82) is 0 Å². The van der Waals surface area contributed by atoms with Crippen LogP contribution in [0.2, 0.25) is 0 Å². The van der Waals surface area contributed by atoms with Crippen molar-refractivity contribution in [2.45, 2.75) is 46.1 Å². The largest absolute Gasteiger partial charge is 0.348 e. The molecule has 0 aliphatic heterocycles. The van der Waals surface area contributed by atoms with Crippen LogP contribution in [0.25, 0.3) is 0 Å². The number of hydrogen-bond donors (Lipinski definition) is 1. The van der Waals surface area contributed by atoms with E-state index in [1.807, 2.05) is 17.5 Å². The summed E-state index contributed by atoms with van der Waals surface area (Å²) in [6, 6.07) is 0. The molecule has 1 aromatic rings. The summed E-state index contributed by atoms with van der Waals surface area (Å²) < 4.78 is 0. The predicted octanol–water partition coefficient (Wildman–Crippen LogP) is 3.27. The molecule has 1 aliphatic carbocycles. The zero-order chi connectivity index (χ0) is 12.8. The van der Waals surface area contributed by atoms with Crippen molar-refractivity contribution in [2.24, 2.45) is 5.92 Å². The molecule has 0 spiro atoms. The molecule has 1 N–H and O–H groups in total. The van der Waals surface area contributed by atoms with Gasteiger partial charge in [-0.1, -0.05) is 13.3 Å². The Balaban J connectivity index is 1.85. The van der Waals surface area contributed by atoms with Crippen LogP contribution in [0.3, 0.4) is 0 Å². The molecule has 0 saturated heterocycles. The molecule has 0 atom stereocenters. The highest BCUT2D eigenvalue weighted by Crippen LogP contribution is 2.30. The monoisotopic (exact) mass is 267 g/mol. The molecule has 0 aromatic carbocycles. The van der Waals surface area contributed by atoms with Crippen LogP contribution in [0.1, 0.15) is 44.4 Å². The standard InChI is InChI=1S/C14H25N3S/c1-3-8-15-9-13-10-16-14(18-13)17(4-2)11-12-6-5-7-12/h10,12,15H,3-9,11H2,1-2H3. The van der Waals surface area contributed by atoms with Crippen LogP contribution < -0.4 is 10.2 Å². The molecule has 4 heteroatoms. The number of anilines is 1. The SMILES string of the molecule is CCCNCc1cnc(N(CC)CC2CCC2)s1. The Morgan fingerprint density at radius 1 is 1.44 bits per heavy atom. The van der Waals surface area contributed by atoms with Crippen molar-refractivity contribution in [2.75, 3.05) is 24.5 Å². The molecule has 102 valence electrons. The average Bonchev–Trinajstić information content (AvgIpc) is 2.77. The summed E-state index contributed by atoms with van der Waals surface area (Å²) in [7, 11) is 0. The van der Waals surface area contributed by atoms with E-state index in [-0.39, 0.29) is 0 Å².